The quantitative estimate of drug-likeness (QED) is 0.912. The molecule has 1 fully saturated rings. The van der Waals surface area contributed by atoms with Crippen LogP contribution in [0.15, 0.2) is 41.0 Å². The number of amides is 2. The standard InChI is InChI=1S/C17H16F2N2O3/c18-14-4-1-5-15(19)13(14)8-20-17(23)11-7-16(22)21(9-11)10-12-3-2-6-24-12/h1-6,11H,7-10H2,(H,20,23)/t11-/m0/s1. The number of hydrogen-bond acceptors (Lipinski definition) is 3. The number of likely N-dealkylation sites (tertiary alicyclic amines) is 1. The average molecular weight is 334 g/mol. The van der Waals surface area contributed by atoms with Crippen molar-refractivity contribution in [1.82, 2.24) is 10.2 Å². The Morgan fingerprint density at radius 2 is 2.00 bits per heavy atom. The smallest absolute Gasteiger partial charge is 0.225 e. The van der Waals surface area contributed by atoms with E-state index in [0.717, 1.165) is 12.1 Å². The number of benzene rings is 1. The van der Waals surface area contributed by atoms with Crippen molar-refractivity contribution in [3.8, 4) is 0 Å². The van der Waals surface area contributed by atoms with Crippen LogP contribution in [0.3, 0.4) is 0 Å². The molecular formula is C17H16F2N2O3. The van der Waals surface area contributed by atoms with Gasteiger partial charge in [-0.3, -0.25) is 9.59 Å². The number of carbonyl (C=O) groups is 2. The topological polar surface area (TPSA) is 62.6 Å². The molecule has 0 spiro atoms. The Bertz CT molecular complexity index is 726. The Hall–Kier alpha value is -2.70. The van der Waals surface area contributed by atoms with Crippen LogP contribution in [0.5, 0.6) is 0 Å². The maximum Gasteiger partial charge on any atom is 0.225 e. The fourth-order valence-electron chi connectivity index (χ4n) is 2.71. The summed E-state index contributed by atoms with van der Waals surface area (Å²) in [6, 6.07) is 7.01. The third-order valence-electron chi connectivity index (χ3n) is 4.01. The van der Waals surface area contributed by atoms with Crippen molar-refractivity contribution in [2.75, 3.05) is 6.54 Å². The van der Waals surface area contributed by atoms with Gasteiger partial charge in [-0.1, -0.05) is 6.07 Å². The number of nitrogens with one attached hydrogen (secondary N) is 1. The Kier molecular flexibility index (Phi) is 4.59. The Labute approximate surface area is 137 Å². The predicted molar refractivity (Wildman–Crippen MR) is 80.4 cm³/mol. The molecule has 0 aliphatic carbocycles. The van der Waals surface area contributed by atoms with E-state index in [1.54, 1.807) is 12.1 Å². The monoisotopic (exact) mass is 334 g/mol. The largest absolute Gasteiger partial charge is 0.467 e. The summed E-state index contributed by atoms with van der Waals surface area (Å²) in [5.41, 5.74) is -0.192. The summed E-state index contributed by atoms with van der Waals surface area (Å²) < 4.78 is 32.3. The second kappa shape index (κ2) is 6.82. The van der Waals surface area contributed by atoms with Crippen molar-refractivity contribution >= 4 is 11.8 Å². The summed E-state index contributed by atoms with van der Waals surface area (Å²) >= 11 is 0. The molecule has 3 rings (SSSR count). The Morgan fingerprint density at radius 3 is 2.67 bits per heavy atom. The molecule has 1 atom stereocenters. The lowest BCUT2D eigenvalue weighted by atomic mass is 10.1. The SMILES string of the molecule is O=C(NCc1c(F)cccc1F)[C@H]1CC(=O)N(Cc2ccco2)C1. The molecule has 24 heavy (non-hydrogen) atoms. The number of halogens is 2. The van der Waals surface area contributed by atoms with Crippen LogP contribution in [-0.2, 0) is 22.7 Å². The van der Waals surface area contributed by atoms with Gasteiger partial charge in [0.1, 0.15) is 17.4 Å². The lowest BCUT2D eigenvalue weighted by Crippen LogP contribution is -2.32. The summed E-state index contributed by atoms with van der Waals surface area (Å²) in [6.45, 7) is 0.308. The van der Waals surface area contributed by atoms with E-state index in [1.165, 1.54) is 17.2 Å². The highest BCUT2D eigenvalue weighted by atomic mass is 19.1. The second-order valence-electron chi connectivity index (χ2n) is 5.67. The fourth-order valence-corrected chi connectivity index (χ4v) is 2.71. The van der Waals surface area contributed by atoms with Gasteiger partial charge in [0, 0.05) is 25.1 Å². The highest BCUT2D eigenvalue weighted by molar-refractivity contribution is 5.89. The molecule has 1 aliphatic heterocycles. The molecule has 1 saturated heterocycles. The van der Waals surface area contributed by atoms with E-state index in [2.05, 4.69) is 5.32 Å². The third-order valence-corrected chi connectivity index (χ3v) is 4.01. The van der Waals surface area contributed by atoms with E-state index in [9.17, 15) is 18.4 Å². The van der Waals surface area contributed by atoms with Crippen LogP contribution in [0.4, 0.5) is 8.78 Å². The molecule has 2 amide bonds. The van der Waals surface area contributed by atoms with Crippen molar-refractivity contribution in [1.29, 1.82) is 0 Å². The molecule has 2 heterocycles. The highest BCUT2D eigenvalue weighted by Gasteiger charge is 2.34. The van der Waals surface area contributed by atoms with Gasteiger partial charge in [0.25, 0.3) is 0 Å². The number of rotatable bonds is 5. The molecule has 0 saturated carbocycles. The fraction of sp³-hybridized carbons (Fsp3) is 0.294. The van der Waals surface area contributed by atoms with Gasteiger partial charge in [-0.15, -0.1) is 0 Å². The van der Waals surface area contributed by atoms with E-state index in [1.807, 2.05) is 0 Å². The minimum absolute atomic E-state index is 0.0757. The van der Waals surface area contributed by atoms with Gasteiger partial charge in [0.15, 0.2) is 0 Å². The van der Waals surface area contributed by atoms with E-state index >= 15 is 0 Å². The molecule has 1 aliphatic rings. The summed E-state index contributed by atoms with van der Waals surface area (Å²) in [5.74, 6) is -1.87. The Morgan fingerprint density at radius 1 is 1.25 bits per heavy atom. The minimum Gasteiger partial charge on any atom is -0.467 e. The van der Waals surface area contributed by atoms with Crippen LogP contribution in [0, 0.1) is 17.6 Å². The van der Waals surface area contributed by atoms with Crippen molar-refractivity contribution in [3.05, 3.63) is 59.6 Å². The van der Waals surface area contributed by atoms with Crippen molar-refractivity contribution in [3.63, 3.8) is 0 Å². The highest BCUT2D eigenvalue weighted by Crippen LogP contribution is 2.21. The summed E-state index contributed by atoms with van der Waals surface area (Å²) in [6.07, 6.45) is 1.59. The summed E-state index contributed by atoms with van der Waals surface area (Å²) in [4.78, 5) is 25.7. The zero-order chi connectivity index (χ0) is 17.1. The first-order valence-corrected chi connectivity index (χ1v) is 7.55. The molecule has 126 valence electrons. The van der Waals surface area contributed by atoms with E-state index in [4.69, 9.17) is 4.42 Å². The van der Waals surface area contributed by atoms with E-state index in [-0.39, 0.29) is 31.0 Å². The molecule has 0 bridgehead atoms. The maximum atomic E-state index is 13.5. The number of hydrogen-bond donors (Lipinski definition) is 1. The Balaban J connectivity index is 1.57. The number of nitrogens with zero attached hydrogens (tertiary/aromatic N) is 1. The van der Waals surface area contributed by atoms with Crippen molar-refractivity contribution < 1.29 is 22.8 Å². The first-order valence-electron chi connectivity index (χ1n) is 7.55. The second-order valence-corrected chi connectivity index (χ2v) is 5.67. The van der Waals surface area contributed by atoms with Gasteiger partial charge in [-0.2, -0.15) is 0 Å². The van der Waals surface area contributed by atoms with Crippen LogP contribution in [0.2, 0.25) is 0 Å². The molecule has 7 heteroatoms. The van der Waals surface area contributed by atoms with Crippen LogP contribution < -0.4 is 5.32 Å². The molecule has 1 N–H and O–H groups in total. The van der Waals surface area contributed by atoms with Crippen LogP contribution in [0.25, 0.3) is 0 Å². The zero-order valence-corrected chi connectivity index (χ0v) is 12.8. The lowest BCUT2D eigenvalue weighted by molar-refractivity contribution is -0.129. The molecule has 1 aromatic heterocycles. The third kappa shape index (κ3) is 3.45. The molecule has 5 nitrogen and oxygen atoms in total. The first-order chi connectivity index (χ1) is 11.5. The molecule has 0 unspecified atom stereocenters. The normalized spacial score (nSPS) is 17.3. The molecule has 1 aromatic carbocycles. The van der Waals surface area contributed by atoms with E-state index < -0.39 is 23.5 Å². The maximum absolute atomic E-state index is 13.5. The van der Waals surface area contributed by atoms with Crippen LogP contribution in [0.1, 0.15) is 17.7 Å². The summed E-state index contributed by atoms with van der Waals surface area (Å²) in [7, 11) is 0. The van der Waals surface area contributed by atoms with Crippen molar-refractivity contribution in [2.45, 2.75) is 19.5 Å². The lowest BCUT2D eigenvalue weighted by Gasteiger charge is -2.15. The molecule has 2 aromatic rings. The van der Waals surface area contributed by atoms with Gasteiger partial charge < -0.3 is 14.6 Å². The first kappa shape index (κ1) is 16.2. The average Bonchev–Trinajstić information content (AvgIpc) is 3.17. The molecule has 0 radical (unpaired) electrons. The zero-order valence-electron chi connectivity index (χ0n) is 12.8. The van der Waals surface area contributed by atoms with Crippen LogP contribution >= 0.6 is 0 Å². The van der Waals surface area contributed by atoms with Gasteiger partial charge in [0.2, 0.25) is 11.8 Å². The van der Waals surface area contributed by atoms with Gasteiger partial charge in [0.05, 0.1) is 18.7 Å². The van der Waals surface area contributed by atoms with Crippen LogP contribution in [-0.4, -0.2) is 23.3 Å². The predicted octanol–water partition coefficient (Wildman–Crippen LogP) is 2.22. The van der Waals surface area contributed by atoms with Gasteiger partial charge in [-0.25, -0.2) is 8.78 Å². The number of carbonyl (C=O) groups excluding carboxylic acids is 2. The number of furan rings is 1. The molecular weight excluding hydrogens is 318 g/mol. The minimum atomic E-state index is -0.711. The van der Waals surface area contributed by atoms with Crippen molar-refractivity contribution in [2.24, 2.45) is 5.92 Å². The van der Waals surface area contributed by atoms with E-state index in [0.29, 0.717) is 12.3 Å². The summed E-state index contributed by atoms with van der Waals surface area (Å²) in [5, 5.41) is 2.50. The van der Waals surface area contributed by atoms with Gasteiger partial charge >= 0.3 is 0 Å². The van der Waals surface area contributed by atoms with Gasteiger partial charge in [-0.05, 0) is 24.3 Å².